The van der Waals surface area contributed by atoms with E-state index in [1.165, 1.54) is 34.8 Å². The van der Waals surface area contributed by atoms with Crippen LogP contribution in [0.3, 0.4) is 0 Å². The van der Waals surface area contributed by atoms with Crippen LogP contribution < -0.4 is 23.8 Å². The Morgan fingerprint density at radius 1 is 0.727 bits per heavy atom. The molecule has 11 nitrogen and oxygen atoms in total. The summed E-state index contributed by atoms with van der Waals surface area (Å²) in [6.45, 7) is 1.35. The maximum Gasteiger partial charge on any atom is 0.346 e. The third-order valence-electron chi connectivity index (χ3n) is 9.24. The minimum absolute atomic E-state index is 0.000629. The summed E-state index contributed by atoms with van der Waals surface area (Å²) in [7, 11) is 0. The highest BCUT2D eigenvalue weighted by Crippen LogP contribution is 2.50. The van der Waals surface area contributed by atoms with Crippen molar-refractivity contribution in [3.63, 3.8) is 0 Å². The first kappa shape index (κ1) is 35.2. The second-order valence-electron chi connectivity index (χ2n) is 12.6. The predicted octanol–water partition coefficient (Wildman–Crippen LogP) is 8.32. The first-order valence-electron chi connectivity index (χ1n) is 17.1. The van der Waals surface area contributed by atoms with E-state index in [1.54, 1.807) is 12.1 Å². The van der Waals surface area contributed by atoms with Gasteiger partial charge >= 0.3 is 11.9 Å². The molecule has 8 rings (SSSR count). The fourth-order valence-electron chi connectivity index (χ4n) is 6.84. The number of rotatable bonds is 9. The second-order valence-corrected chi connectivity index (χ2v) is 14.7. The van der Waals surface area contributed by atoms with Crippen LogP contribution in [0.4, 0.5) is 11.4 Å². The number of thiophene rings is 2. The highest BCUT2D eigenvalue weighted by Gasteiger charge is 2.38. The zero-order valence-electron chi connectivity index (χ0n) is 28.8. The Kier molecular flexibility index (Phi) is 9.55. The Balaban J connectivity index is 1.13. The van der Waals surface area contributed by atoms with E-state index in [-0.39, 0.29) is 12.0 Å². The molecule has 0 fully saturated rings. The van der Waals surface area contributed by atoms with E-state index < -0.39 is 23.1 Å². The molecule has 2 N–H and O–H groups in total. The number of nitrogens with zero attached hydrogens (tertiary/aromatic N) is 3. The van der Waals surface area contributed by atoms with Gasteiger partial charge < -0.3 is 34.1 Å². The Morgan fingerprint density at radius 2 is 1.27 bits per heavy atom. The molecular weight excluding hydrogens is 739 g/mol. The Morgan fingerprint density at radius 3 is 1.82 bits per heavy atom. The standard InChI is InChI=1S/C42H29N3O8S2/c43-22-26(41(46)47)20-35-39-37(50-14-16-52-39)33(54-35)12-8-24-6-10-31-29(18-24)30-19-25(7-11-32(30)45(31)28-4-2-1-3-5-28)9-13-34-38-40(53-17-15-51-38)36(55-34)21-27(23-44)42(48)49/h1-13,18-21,29,31H,14-17H2,(H,46,47)(H,48,49)/b12-8+,13-9+,26-20+,27-21+. The minimum Gasteiger partial charge on any atom is -0.485 e. The van der Waals surface area contributed by atoms with Gasteiger partial charge in [-0.2, -0.15) is 10.5 Å². The van der Waals surface area contributed by atoms with E-state index in [1.807, 2.05) is 42.5 Å². The SMILES string of the molecule is N#C/C(=C\c1sc(/C=C/C2=CC3c4cc(/C=C/c5sc(/C=C(\C#N)C(=O)O)c6c5OCCO6)ccc4N(c4ccccc4)C3C=C2)c2c1OCCO2)C(=O)O. The number of benzene rings is 2. The Bertz CT molecular complexity index is 2510. The predicted molar refractivity (Wildman–Crippen MR) is 210 cm³/mol. The zero-order valence-corrected chi connectivity index (χ0v) is 30.4. The molecule has 5 heterocycles. The van der Waals surface area contributed by atoms with Gasteiger partial charge in [0.2, 0.25) is 0 Å². The van der Waals surface area contributed by atoms with Gasteiger partial charge in [-0.3, -0.25) is 0 Å². The van der Waals surface area contributed by atoms with E-state index in [0.717, 1.165) is 37.8 Å². The molecule has 0 saturated heterocycles. The molecule has 0 saturated carbocycles. The second kappa shape index (κ2) is 14.9. The molecule has 0 amide bonds. The molecule has 2 atom stereocenters. The van der Waals surface area contributed by atoms with Crippen molar-refractivity contribution in [3.05, 3.63) is 120 Å². The number of aliphatic carboxylic acids is 2. The number of carboxylic acids is 2. The van der Waals surface area contributed by atoms with E-state index in [9.17, 15) is 30.3 Å². The molecule has 0 spiro atoms. The van der Waals surface area contributed by atoms with E-state index >= 15 is 0 Å². The van der Waals surface area contributed by atoms with Crippen LogP contribution in [0, 0.1) is 22.7 Å². The molecule has 2 unspecified atom stereocenters. The van der Waals surface area contributed by atoms with Gasteiger partial charge in [0, 0.05) is 17.3 Å². The summed E-state index contributed by atoms with van der Waals surface area (Å²) >= 11 is 2.59. The average molecular weight is 768 g/mol. The molecule has 2 aromatic carbocycles. The van der Waals surface area contributed by atoms with Gasteiger partial charge in [-0.1, -0.05) is 54.6 Å². The molecule has 3 aliphatic heterocycles. The molecular formula is C42H29N3O8S2. The number of anilines is 2. The van der Waals surface area contributed by atoms with Gasteiger partial charge in [-0.15, -0.1) is 22.7 Å². The Hall–Kier alpha value is -6.80. The lowest BCUT2D eigenvalue weighted by atomic mass is 9.87. The van der Waals surface area contributed by atoms with Gasteiger partial charge in [0.25, 0.3) is 0 Å². The van der Waals surface area contributed by atoms with Gasteiger partial charge in [-0.05, 0) is 65.3 Å². The number of nitriles is 2. The molecule has 4 aromatic rings. The zero-order chi connectivity index (χ0) is 38.1. The fraction of sp³-hybridized carbons (Fsp3) is 0.143. The summed E-state index contributed by atoms with van der Waals surface area (Å²) in [4.78, 5) is 27.9. The van der Waals surface area contributed by atoms with Crippen LogP contribution in [-0.4, -0.2) is 54.6 Å². The van der Waals surface area contributed by atoms with E-state index in [4.69, 9.17) is 18.9 Å². The number of hydrogen-bond donors (Lipinski definition) is 2. The van der Waals surface area contributed by atoms with Crippen molar-refractivity contribution in [2.45, 2.75) is 12.0 Å². The number of ether oxygens (including phenoxy) is 4. The molecule has 13 heteroatoms. The van der Waals surface area contributed by atoms with Crippen molar-refractivity contribution >= 4 is 76.4 Å². The third-order valence-corrected chi connectivity index (χ3v) is 11.4. The monoisotopic (exact) mass is 767 g/mol. The highest BCUT2D eigenvalue weighted by atomic mass is 32.1. The van der Waals surface area contributed by atoms with Crippen LogP contribution in [0.15, 0.2) is 89.6 Å². The maximum absolute atomic E-state index is 11.5. The first-order valence-corrected chi connectivity index (χ1v) is 18.8. The van der Waals surface area contributed by atoms with Crippen LogP contribution in [-0.2, 0) is 9.59 Å². The van der Waals surface area contributed by atoms with Crippen LogP contribution in [0.2, 0.25) is 0 Å². The van der Waals surface area contributed by atoms with Gasteiger partial charge in [0.15, 0.2) is 23.0 Å². The molecule has 4 aliphatic rings. The van der Waals surface area contributed by atoms with Crippen molar-refractivity contribution in [3.8, 4) is 35.1 Å². The lowest BCUT2D eigenvalue weighted by Crippen LogP contribution is -2.28. The third kappa shape index (κ3) is 6.79. The van der Waals surface area contributed by atoms with Crippen LogP contribution >= 0.6 is 22.7 Å². The fourth-order valence-corrected chi connectivity index (χ4v) is 8.91. The normalized spacial score (nSPS) is 18.4. The van der Waals surface area contributed by atoms with E-state index in [2.05, 4.69) is 53.5 Å². The van der Waals surface area contributed by atoms with Crippen molar-refractivity contribution in [1.82, 2.24) is 0 Å². The number of carboxylic acid groups (broad SMARTS) is 2. The quantitative estimate of drug-likeness (QED) is 0.124. The summed E-state index contributed by atoms with van der Waals surface area (Å²) in [6, 6.07) is 20.1. The van der Waals surface area contributed by atoms with Crippen molar-refractivity contribution in [2.75, 3.05) is 31.3 Å². The summed E-state index contributed by atoms with van der Waals surface area (Å²) in [6.07, 6.45) is 17.0. The number of para-hydroxylation sites is 1. The van der Waals surface area contributed by atoms with Crippen molar-refractivity contribution in [2.24, 2.45) is 0 Å². The maximum atomic E-state index is 11.5. The number of allylic oxidation sites excluding steroid dienone is 3. The summed E-state index contributed by atoms with van der Waals surface area (Å²) in [5.74, 6) is -0.708. The summed E-state index contributed by atoms with van der Waals surface area (Å²) in [5.41, 5.74) is 4.44. The average Bonchev–Trinajstić information content (AvgIpc) is 3.86. The van der Waals surface area contributed by atoms with Crippen LogP contribution in [0.5, 0.6) is 23.0 Å². The molecule has 0 bridgehead atoms. The molecule has 1 aliphatic carbocycles. The van der Waals surface area contributed by atoms with Gasteiger partial charge in [-0.25, -0.2) is 9.59 Å². The smallest absolute Gasteiger partial charge is 0.346 e. The molecule has 55 heavy (non-hydrogen) atoms. The topological polar surface area (TPSA) is 162 Å². The number of fused-ring (bicyclic) bond motifs is 5. The van der Waals surface area contributed by atoms with Crippen molar-refractivity contribution in [1.29, 1.82) is 10.5 Å². The molecule has 2 aromatic heterocycles. The van der Waals surface area contributed by atoms with Gasteiger partial charge in [0.1, 0.15) is 49.7 Å². The van der Waals surface area contributed by atoms with Crippen molar-refractivity contribution < 1.29 is 38.7 Å². The summed E-state index contributed by atoms with van der Waals surface area (Å²) in [5, 5.41) is 37.5. The minimum atomic E-state index is -1.31. The lowest BCUT2D eigenvalue weighted by molar-refractivity contribution is -0.133. The van der Waals surface area contributed by atoms with Crippen LogP contribution in [0.25, 0.3) is 30.4 Å². The van der Waals surface area contributed by atoms with Crippen LogP contribution in [0.1, 0.15) is 36.6 Å². The molecule has 0 radical (unpaired) electrons. The number of hydrogen-bond acceptors (Lipinski definition) is 11. The van der Waals surface area contributed by atoms with Gasteiger partial charge in [0.05, 0.1) is 25.6 Å². The molecule has 272 valence electrons. The lowest BCUT2D eigenvalue weighted by Gasteiger charge is -2.29. The largest absolute Gasteiger partial charge is 0.485 e. The Labute approximate surface area is 323 Å². The number of carbonyl (C=O) groups is 2. The van der Waals surface area contributed by atoms with E-state index in [0.29, 0.717) is 59.2 Å². The summed E-state index contributed by atoms with van der Waals surface area (Å²) < 4.78 is 23.5. The highest BCUT2D eigenvalue weighted by molar-refractivity contribution is 7.15. The first-order chi connectivity index (χ1) is 26.8.